The van der Waals surface area contributed by atoms with E-state index < -0.39 is 0 Å². The lowest BCUT2D eigenvalue weighted by Crippen LogP contribution is -2.03. The highest BCUT2D eigenvalue weighted by Crippen LogP contribution is 2.29. The van der Waals surface area contributed by atoms with Gasteiger partial charge < -0.3 is 0 Å². The van der Waals surface area contributed by atoms with Crippen molar-refractivity contribution in [3.05, 3.63) is 81.8 Å². The van der Waals surface area contributed by atoms with Gasteiger partial charge in [0.1, 0.15) is 0 Å². The lowest BCUT2D eigenvalue weighted by atomic mass is 9.97. The molecule has 3 heteroatoms. The summed E-state index contributed by atoms with van der Waals surface area (Å²) in [5.74, 6) is -0.116. The summed E-state index contributed by atoms with van der Waals surface area (Å²) < 4.78 is 0. The van der Waals surface area contributed by atoms with Crippen LogP contribution in [0.5, 0.6) is 0 Å². The van der Waals surface area contributed by atoms with Crippen molar-refractivity contribution in [1.29, 1.82) is 0 Å². The zero-order valence-corrected chi connectivity index (χ0v) is 11.9. The molecule has 0 amide bonds. The summed E-state index contributed by atoms with van der Waals surface area (Å²) >= 11 is 12.1. The maximum absolute atomic E-state index is 12.7. The molecule has 0 aliphatic carbocycles. The lowest BCUT2D eigenvalue weighted by Gasteiger charge is -2.08. The van der Waals surface area contributed by atoms with Gasteiger partial charge in [0.2, 0.25) is 0 Å². The maximum Gasteiger partial charge on any atom is 0.195 e. The number of carbonyl (C=O) groups excluding carboxylic acids is 1. The molecule has 0 saturated carbocycles. The fourth-order valence-electron chi connectivity index (χ4n) is 2.25. The fourth-order valence-corrected chi connectivity index (χ4v) is 2.63. The largest absolute Gasteiger partial charge is 0.289 e. The van der Waals surface area contributed by atoms with Crippen LogP contribution in [0.1, 0.15) is 15.9 Å². The van der Waals surface area contributed by atoms with Crippen LogP contribution in [-0.4, -0.2) is 5.78 Å². The molecule has 0 fully saturated rings. The Morgan fingerprint density at radius 3 is 2.25 bits per heavy atom. The first-order chi connectivity index (χ1) is 9.68. The molecule has 3 aromatic carbocycles. The summed E-state index contributed by atoms with van der Waals surface area (Å²) in [6.07, 6.45) is 0. The van der Waals surface area contributed by atoms with E-state index in [4.69, 9.17) is 23.2 Å². The number of halogens is 2. The molecule has 0 aliphatic rings. The molecule has 0 radical (unpaired) electrons. The van der Waals surface area contributed by atoms with Crippen LogP contribution in [0, 0.1) is 0 Å². The Hall–Kier alpha value is -1.83. The van der Waals surface area contributed by atoms with Gasteiger partial charge in [-0.1, -0.05) is 71.7 Å². The minimum absolute atomic E-state index is 0.116. The van der Waals surface area contributed by atoms with Gasteiger partial charge in [-0.25, -0.2) is 0 Å². The first-order valence-corrected chi connectivity index (χ1v) is 6.90. The van der Waals surface area contributed by atoms with E-state index in [2.05, 4.69) is 0 Å². The minimum atomic E-state index is -0.116. The van der Waals surface area contributed by atoms with Gasteiger partial charge in [0, 0.05) is 11.1 Å². The molecule has 1 nitrogen and oxygen atoms in total. The summed E-state index contributed by atoms with van der Waals surface area (Å²) in [4.78, 5) is 12.7. The van der Waals surface area contributed by atoms with Crippen LogP contribution in [0.4, 0.5) is 0 Å². The fraction of sp³-hybridized carbons (Fsp3) is 0. The topological polar surface area (TPSA) is 17.1 Å². The van der Waals surface area contributed by atoms with E-state index in [1.54, 1.807) is 18.2 Å². The van der Waals surface area contributed by atoms with Crippen molar-refractivity contribution in [3.63, 3.8) is 0 Å². The Labute approximate surface area is 126 Å². The standard InChI is InChI=1S/C17H10Cl2O/c18-15-10-4-9-14(16(15)19)17(20)13-8-3-6-11-5-1-2-7-12(11)13/h1-10H. The van der Waals surface area contributed by atoms with Gasteiger partial charge in [0.05, 0.1) is 10.0 Å². The summed E-state index contributed by atoms with van der Waals surface area (Å²) in [5.41, 5.74) is 1.06. The molecule has 0 N–H and O–H groups in total. The third-order valence-corrected chi connectivity index (χ3v) is 4.05. The Kier molecular flexibility index (Phi) is 3.47. The summed E-state index contributed by atoms with van der Waals surface area (Å²) in [7, 11) is 0. The third-order valence-electron chi connectivity index (χ3n) is 3.23. The van der Waals surface area contributed by atoms with E-state index >= 15 is 0 Å². The quantitative estimate of drug-likeness (QED) is 0.581. The number of benzene rings is 3. The number of ketones is 1. The highest BCUT2D eigenvalue weighted by molar-refractivity contribution is 6.44. The molecule has 0 bridgehead atoms. The first kappa shape index (κ1) is 13.2. The highest BCUT2D eigenvalue weighted by atomic mass is 35.5. The van der Waals surface area contributed by atoms with Gasteiger partial charge in [0.25, 0.3) is 0 Å². The molecule has 20 heavy (non-hydrogen) atoms. The van der Waals surface area contributed by atoms with Gasteiger partial charge in [-0.15, -0.1) is 0 Å². The molecular weight excluding hydrogens is 291 g/mol. The van der Waals surface area contributed by atoms with Crippen molar-refractivity contribution in [1.82, 2.24) is 0 Å². The second kappa shape index (κ2) is 5.28. The molecule has 3 rings (SSSR count). The van der Waals surface area contributed by atoms with Crippen LogP contribution in [-0.2, 0) is 0 Å². The second-order valence-corrected chi connectivity index (χ2v) is 5.24. The molecule has 0 heterocycles. The summed E-state index contributed by atoms with van der Waals surface area (Å²) in [6.45, 7) is 0. The third kappa shape index (κ3) is 2.20. The highest BCUT2D eigenvalue weighted by Gasteiger charge is 2.16. The van der Waals surface area contributed by atoms with E-state index in [9.17, 15) is 4.79 Å². The smallest absolute Gasteiger partial charge is 0.195 e. The van der Waals surface area contributed by atoms with Crippen molar-refractivity contribution in [2.75, 3.05) is 0 Å². The van der Waals surface area contributed by atoms with Crippen LogP contribution in [0.25, 0.3) is 10.8 Å². The Balaban J connectivity index is 2.21. The Morgan fingerprint density at radius 2 is 1.40 bits per heavy atom. The van der Waals surface area contributed by atoms with Crippen molar-refractivity contribution in [2.45, 2.75) is 0 Å². The van der Waals surface area contributed by atoms with Crippen molar-refractivity contribution in [2.24, 2.45) is 0 Å². The van der Waals surface area contributed by atoms with E-state index in [0.717, 1.165) is 10.8 Å². The normalized spacial score (nSPS) is 10.7. The molecular formula is C17H10Cl2O. The number of hydrogen-bond acceptors (Lipinski definition) is 1. The molecule has 0 atom stereocenters. The number of carbonyl (C=O) groups is 1. The van der Waals surface area contributed by atoms with Gasteiger partial charge >= 0.3 is 0 Å². The molecule has 0 aliphatic heterocycles. The zero-order chi connectivity index (χ0) is 14.1. The van der Waals surface area contributed by atoms with Crippen LogP contribution in [0.3, 0.4) is 0 Å². The maximum atomic E-state index is 12.7. The molecule has 3 aromatic rings. The van der Waals surface area contributed by atoms with Crippen LogP contribution in [0.2, 0.25) is 10.0 Å². The van der Waals surface area contributed by atoms with Gasteiger partial charge in [-0.3, -0.25) is 4.79 Å². The predicted molar refractivity (Wildman–Crippen MR) is 83.8 cm³/mol. The number of fused-ring (bicyclic) bond motifs is 1. The van der Waals surface area contributed by atoms with Crippen LogP contribution in [0.15, 0.2) is 60.7 Å². The van der Waals surface area contributed by atoms with Crippen molar-refractivity contribution in [3.8, 4) is 0 Å². The van der Waals surface area contributed by atoms with E-state index in [-0.39, 0.29) is 5.78 Å². The monoisotopic (exact) mass is 300 g/mol. The molecule has 0 aromatic heterocycles. The summed E-state index contributed by atoms with van der Waals surface area (Å²) in [6, 6.07) is 18.5. The van der Waals surface area contributed by atoms with E-state index in [1.165, 1.54) is 0 Å². The van der Waals surface area contributed by atoms with Gasteiger partial charge in [0.15, 0.2) is 5.78 Å². The van der Waals surface area contributed by atoms with E-state index in [1.807, 2.05) is 42.5 Å². The predicted octanol–water partition coefficient (Wildman–Crippen LogP) is 5.38. The lowest BCUT2D eigenvalue weighted by molar-refractivity contribution is 0.104. The molecule has 0 unspecified atom stereocenters. The second-order valence-electron chi connectivity index (χ2n) is 4.46. The first-order valence-electron chi connectivity index (χ1n) is 6.15. The molecule has 0 saturated heterocycles. The summed E-state index contributed by atoms with van der Waals surface area (Å²) in [5, 5.41) is 2.62. The van der Waals surface area contributed by atoms with Crippen LogP contribution < -0.4 is 0 Å². The Morgan fingerprint density at radius 1 is 0.750 bits per heavy atom. The molecule has 98 valence electrons. The zero-order valence-electron chi connectivity index (χ0n) is 10.4. The average Bonchev–Trinajstić information content (AvgIpc) is 2.49. The number of hydrogen-bond donors (Lipinski definition) is 0. The minimum Gasteiger partial charge on any atom is -0.289 e. The van der Waals surface area contributed by atoms with E-state index in [0.29, 0.717) is 21.2 Å². The van der Waals surface area contributed by atoms with Crippen molar-refractivity contribution < 1.29 is 4.79 Å². The Bertz CT molecular complexity index is 804. The SMILES string of the molecule is O=C(c1cccc(Cl)c1Cl)c1cccc2ccccc12. The van der Waals surface area contributed by atoms with Gasteiger partial charge in [-0.2, -0.15) is 0 Å². The molecule has 0 spiro atoms. The average molecular weight is 301 g/mol. The van der Waals surface area contributed by atoms with Gasteiger partial charge in [-0.05, 0) is 22.9 Å². The van der Waals surface area contributed by atoms with Crippen LogP contribution >= 0.6 is 23.2 Å². The number of rotatable bonds is 2. The van der Waals surface area contributed by atoms with Crippen molar-refractivity contribution >= 4 is 39.8 Å².